The first kappa shape index (κ1) is 37.0. The van der Waals surface area contributed by atoms with Crippen LogP contribution in [-0.4, -0.2) is 67.9 Å². The van der Waals surface area contributed by atoms with Crippen LogP contribution < -0.4 is 26.8 Å². The Hall–Kier alpha value is -6.25. The van der Waals surface area contributed by atoms with Crippen molar-refractivity contribution in [2.75, 3.05) is 6.54 Å². The summed E-state index contributed by atoms with van der Waals surface area (Å²) in [5.41, 5.74) is 1.87. The van der Waals surface area contributed by atoms with Crippen molar-refractivity contribution < 1.29 is 33.5 Å². The minimum Gasteiger partial charge on any atom is -0.481 e. The predicted molar refractivity (Wildman–Crippen MR) is 192 cm³/mol. The van der Waals surface area contributed by atoms with Gasteiger partial charge in [0.2, 0.25) is 17.7 Å². The van der Waals surface area contributed by atoms with Crippen molar-refractivity contribution in [3.8, 4) is 0 Å². The quantitative estimate of drug-likeness (QED) is 0.161. The number of nitrogens with zero attached hydrogens (tertiary/aromatic N) is 2. The molecule has 6 N–H and O–H groups in total. The zero-order valence-corrected chi connectivity index (χ0v) is 29.2. The largest absolute Gasteiger partial charge is 0.481 e. The number of carbonyl (C=O) groups excluding carboxylic acids is 4. The summed E-state index contributed by atoms with van der Waals surface area (Å²) < 4.78 is 7.13. The number of hydrogen-bond acceptors (Lipinski definition) is 8. The highest BCUT2D eigenvalue weighted by molar-refractivity contribution is 6.00. The number of carboxylic acids is 1. The number of benzene rings is 2. The van der Waals surface area contributed by atoms with E-state index in [0.29, 0.717) is 36.0 Å². The smallest absolute Gasteiger partial charge is 0.300 e. The molecule has 5 aromatic rings. The van der Waals surface area contributed by atoms with Gasteiger partial charge in [-0.2, -0.15) is 0 Å². The van der Waals surface area contributed by atoms with E-state index in [9.17, 15) is 24.0 Å². The highest BCUT2D eigenvalue weighted by Crippen LogP contribution is 2.21. The molecule has 3 atom stereocenters. The second-order valence-corrected chi connectivity index (χ2v) is 12.6. The van der Waals surface area contributed by atoms with Crippen LogP contribution in [-0.2, 0) is 27.9 Å². The lowest BCUT2D eigenvalue weighted by molar-refractivity contribution is -0.134. The van der Waals surface area contributed by atoms with Crippen LogP contribution in [0.2, 0.25) is 0 Å². The fourth-order valence-corrected chi connectivity index (χ4v) is 6.04. The Morgan fingerprint density at radius 3 is 2.50 bits per heavy atom. The molecule has 52 heavy (non-hydrogen) atoms. The fourth-order valence-electron chi connectivity index (χ4n) is 6.04. The SMILES string of the molecule is CC(=O)O.Cc1oc2nc1C(=O)NCCCC[C@H](NC(=O)c1cc3ccccc3n(C)c1=O)C(=O)N[C@H](Cc1c[nH]c3ccccc13)C(=O)N[C@@H]2C. The third kappa shape index (κ3) is 8.54. The van der Waals surface area contributed by atoms with Gasteiger partial charge in [-0.05, 0) is 62.3 Å². The van der Waals surface area contributed by atoms with Gasteiger partial charge in [-0.15, -0.1) is 0 Å². The van der Waals surface area contributed by atoms with E-state index in [4.69, 9.17) is 14.3 Å². The molecule has 0 unspecified atom stereocenters. The van der Waals surface area contributed by atoms with Gasteiger partial charge >= 0.3 is 0 Å². The van der Waals surface area contributed by atoms with Gasteiger partial charge in [0, 0.05) is 44.0 Å². The van der Waals surface area contributed by atoms with Crippen molar-refractivity contribution in [1.82, 2.24) is 35.8 Å². The monoisotopic (exact) mass is 711 g/mol. The van der Waals surface area contributed by atoms with E-state index in [2.05, 4.69) is 31.2 Å². The topological polar surface area (TPSA) is 218 Å². The normalized spacial score (nSPS) is 18.5. The predicted octanol–water partition coefficient (Wildman–Crippen LogP) is 3.02. The van der Waals surface area contributed by atoms with Gasteiger partial charge in [0.15, 0.2) is 5.69 Å². The maximum atomic E-state index is 14.0. The Morgan fingerprint density at radius 2 is 1.73 bits per heavy atom. The highest BCUT2D eigenvalue weighted by atomic mass is 16.4. The van der Waals surface area contributed by atoms with Crippen LogP contribution in [0.15, 0.2) is 70.0 Å². The third-order valence-electron chi connectivity index (χ3n) is 8.69. The molecule has 1 aliphatic heterocycles. The fraction of sp³-hybridized carbons (Fsp3) is 0.324. The number of oxazole rings is 1. The van der Waals surface area contributed by atoms with Crippen LogP contribution in [0, 0.1) is 6.92 Å². The first-order chi connectivity index (χ1) is 24.8. The van der Waals surface area contributed by atoms with E-state index < -0.39 is 53.3 Å². The summed E-state index contributed by atoms with van der Waals surface area (Å²) >= 11 is 0. The van der Waals surface area contributed by atoms with Crippen LogP contribution in [0.5, 0.6) is 0 Å². The number of hydrogen-bond donors (Lipinski definition) is 6. The first-order valence-electron chi connectivity index (χ1n) is 16.8. The molecule has 4 heterocycles. The average Bonchev–Trinajstić information content (AvgIpc) is 3.71. The molecule has 6 rings (SSSR count). The Morgan fingerprint density at radius 1 is 1.02 bits per heavy atom. The third-order valence-corrected chi connectivity index (χ3v) is 8.69. The van der Waals surface area contributed by atoms with E-state index in [0.717, 1.165) is 23.4 Å². The number of para-hydroxylation sites is 2. The highest BCUT2D eigenvalue weighted by Gasteiger charge is 2.31. The summed E-state index contributed by atoms with van der Waals surface area (Å²) in [4.78, 5) is 84.0. The molecule has 15 heteroatoms. The number of fused-ring (bicyclic) bond motifs is 4. The number of H-pyrrole nitrogens is 1. The van der Waals surface area contributed by atoms with E-state index in [1.807, 2.05) is 30.3 Å². The summed E-state index contributed by atoms with van der Waals surface area (Å²) in [6.07, 6.45) is 3.05. The zero-order valence-electron chi connectivity index (χ0n) is 29.2. The van der Waals surface area contributed by atoms with E-state index >= 15 is 0 Å². The Labute approximate surface area is 298 Å². The number of rotatable bonds is 4. The lowest BCUT2D eigenvalue weighted by atomic mass is 10.0. The van der Waals surface area contributed by atoms with E-state index in [1.165, 1.54) is 10.6 Å². The van der Waals surface area contributed by atoms with Crippen LogP contribution in [0.3, 0.4) is 0 Å². The lowest BCUT2D eigenvalue weighted by Gasteiger charge is -2.24. The number of aromatic amines is 1. The number of nitrogens with one attached hydrogen (secondary N) is 5. The van der Waals surface area contributed by atoms with Crippen LogP contribution in [0.1, 0.15) is 77.2 Å². The summed E-state index contributed by atoms with van der Waals surface area (Å²) in [7, 11) is 1.59. The van der Waals surface area contributed by atoms with Crippen LogP contribution in [0.25, 0.3) is 21.8 Å². The van der Waals surface area contributed by atoms with E-state index in [1.54, 1.807) is 45.3 Å². The Balaban J connectivity index is 0.00000124. The molecule has 0 saturated heterocycles. The minimum absolute atomic E-state index is 0.106. The average molecular weight is 712 g/mol. The second-order valence-electron chi connectivity index (χ2n) is 12.6. The molecule has 2 aromatic carbocycles. The molecule has 0 aliphatic carbocycles. The van der Waals surface area contributed by atoms with Gasteiger partial charge in [0.05, 0.1) is 5.52 Å². The summed E-state index contributed by atoms with van der Waals surface area (Å²) in [6.45, 7) is 4.68. The molecular weight excluding hydrogens is 670 g/mol. The van der Waals surface area contributed by atoms with E-state index in [-0.39, 0.29) is 30.0 Å². The number of aromatic nitrogens is 3. The van der Waals surface area contributed by atoms with Crippen LogP contribution in [0.4, 0.5) is 0 Å². The molecular formula is C37H41N7O8. The molecule has 0 spiro atoms. The number of aryl methyl sites for hydroxylation is 2. The lowest BCUT2D eigenvalue weighted by Crippen LogP contribution is -2.55. The molecule has 15 nitrogen and oxygen atoms in total. The standard InChI is InChI=1S/C35H37N7O6.C2H4O2/c1-19-34-41-29(20(2)48-34)33(46)36-15-9-8-13-26(39-30(43)24-16-21-10-4-7-14-28(21)42(3)35(24)47)31(44)40-27(32(45)38-19)17-22-18-37-25-12-6-5-11-23(22)25;1-2(3)4/h4-7,10-12,14,16,18-19,26-27,37H,8-9,13,15,17H2,1-3H3,(H,36,46)(H,38,45)(H,39,43)(H,40,44);1H3,(H,3,4)/t19-,26+,27-;/m1./s1. The van der Waals surface area contributed by atoms with Crippen molar-refractivity contribution in [2.45, 2.75) is 64.6 Å². The Bertz CT molecular complexity index is 2200. The van der Waals surface area contributed by atoms with Crippen molar-refractivity contribution in [2.24, 2.45) is 7.05 Å². The number of aliphatic carboxylic acids is 1. The van der Waals surface area contributed by atoms with Gasteiger partial charge in [-0.3, -0.25) is 28.8 Å². The number of amides is 4. The number of carboxylic acid groups (broad SMARTS) is 1. The summed E-state index contributed by atoms with van der Waals surface area (Å²) in [5.74, 6) is -2.58. The number of carbonyl (C=O) groups is 5. The van der Waals surface area contributed by atoms with Crippen molar-refractivity contribution in [3.63, 3.8) is 0 Å². The van der Waals surface area contributed by atoms with Gasteiger partial charge in [-0.1, -0.05) is 36.4 Å². The zero-order chi connectivity index (χ0) is 37.5. The maximum absolute atomic E-state index is 14.0. The van der Waals surface area contributed by atoms with Gasteiger partial charge in [0.1, 0.15) is 29.4 Å². The summed E-state index contributed by atoms with van der Waals surface area (Å²) in [5, 5.41) is 20.3. The molecule has 4 amide bonds. The molecule has 272 valence electrons. The van der Waals surface area contributed by atoms with Crippen molar-refractivity contribution >= 4 is 51.4 Å². The van der Waals surface area contributed by atoms with Gasteiger partial charge in [-0.25, -0.2) is 4.98 Å². The van der Waals surface area contributed by atoms with Gasteiger partial charge in [0.25, 0.3) is 23.3 Å². The second kappa shape index (κ2) is 16.2. The van der Waals surface area contributed by atoms with Crippen LogP contribution >= 0.6 is 0 Å². The molecule has 0 fully saturated rings. The molecule has 3 aromatic heterocycles. The summed E-state index contributed by atoms with van der Waals surface area (Å²) in [6, 6.07) is 13.5. The molecule has 1 aliphatic rings. The first-order valence-corrected chi connectivity index (χ1v) is 16.8. The number of pyridine rings is 1. The minimum atomic E-state index is -1.08. The van der Waals surface area contributed by atoms with Crippen molar-refractivity contribution in [1.29, 1.82) is 0 Å². The molecule has 0 radical (unpaired) electrons. The van der Waals surface area contributed by atoms with Gasteiger partial charge < -0.3 is 40.3 Å². The Kier molecular flexibility index (Phi) is 11.5. The molecule has 2 bridgehead atoms. The van der Waals surface area contributed by atoms with Crippen molar-refractivity contribution in [3.05, 3.63) is 99.6 Å². The maximum Gasteiger partial charge on any atom is 0.300 e. The molecule has 0 saturated carbocycles.